The SMILES string of the molecule is CC(C)NCCCC(=O)N1CC(CO)OC(C)(C)C1. The zero-order valence-corrected chi connectivity index (χ0v) is 12.6. The Labute approximate surface area is 116 Å². The van der Waals surface area contributed by atoms with Crippen LogP contribution in [0.15, 0.2) is 0 Å². The van der Waals surface area contributed by atoms with Crippen LogP contribution in [0.25, 0.3) is 0 Å². The summed E-state index contributed by atoms with van der Waals surface area (Å²) in [5.74, 6) is 0.153. The minimum absolute atomic E-state index is 0.0396. The minimum Gasteiger partial charge on any atom is -0.394 e. The highest BCUT2D eigenvalue weighted by atomic mass is 16.5. The monoisotopic (exact) mass is 272 g/mol. The first-order chi connectivity index (χ1) is 8.84. The van der Waals surface area contributed by atoms with Gasteiger partial charge in [-0.05, 0) is 26.8 Å². The first kappa shape index (κ1) is 16.4. The number of amides is 1. The first-order valence-corrected chi connectivity index (χ1v) is 7.14. The molecule has 19 heavy (non-hydrogen) atoms. The Balaban J connectivity index is 2.38. The summed E-state index contributed by atoms with van der Waals surface area (Å²) in [5.41, 5.74) is -0.377. The lowest BCUT2D eigenvalue weighted by molar-refractivity contribution is -0.167. The molecule has 5 nitrogen and oxygen atoms in total. The van der Waals surface area contributed by atoms with Gasteiger partial charge in [0.1, 0.15) is 0 Å². The van der Waals surface area contributed by atoms with Gasteiger partial charge in [0.25, 0.3) is 0 Å². The molecule has 0 spiro atoms. The summed E-state index contributed by atoms with van der Waals surface area (Å²) < 4.78 is 5.70. The molecular formula is C14H28N2O3. The Bertz CT molecular complexity index is 292. The highest BCUT2D eigenvalue weighted by Gasteiger charge is 2.34. The summed E-state index contributed by atoms with van der Waals surface area (Å²) in [5, 5.41) is 12.5. The molecule has 0 aromatic carbocycles. The summed E-state index contributed by atoms with van der Waals surface area (Å²) in [7, 11) is 0. The van der Waals surface area contributed by atoms with Gasteiger partial charge < -0.3 is 20.1 Å². The molecule has 2 N–H and O–H groups in total. The van der Waals surface area contributed by atoms with E-state index in [0.717, 1.165) is 13.0 Å². The maximum absolute atomic E-state index is 12.2. The smallest absolute Gasteiger partial charge is 0.222 e. The van der Waals surface area contributed by atoms with Crippen LogP contribution in [-0.4, -0.2) is 59.9 Å². The van der Waals surface area contributed by atoms with E-state index in [9.17, 15) is 9.90 Å². The average Bonchev–Trinajstić information content (AvgIpc) is 2.32. The molecule has 0 aliphatic carbocycles. The van der Waals surface area contributed by atoms with Gasteiger partial charge >= 0.3 is 0 Å². The van der Waals surface area contributed by atoms with Crippen molar-refractivity contribution in [3.05, 3.63) is 0 Å². The summed E-state index contributed by atoms with van der Waals surface area (Å²) in [6, 6.07) is 0.455. The second kappa shape index (κ2) is 7.22. The van der Waals surface area contributed by atoms with E-state index in [1.807, 2.05) is 18.7 Å². The highest BCUT2D eigenvalue weighted by molar-refractivity contribution is 5.76. The van der Waals surface area contributed by atoms with Crippen molar-refractivity contribution < 1.29 is 14.6 Å². The quantitative estimate of drug-likeness (QED) is 0.701. The van der Waals surface area contributed by atoms with E-state index < -0.39 is 0 Å². The molecule has 1 fully saturated rings. The minimum atomic E-state index is -0.377. The van der Waals surface area contributed by atoms with Crippen molar-refractivity contribution >= 4 is 5.91 Å². The van der Waals surface area contributed by atoms with Crippen molar-refractivity contribution in [1.29, 1.82) is 0 Å². The fourth-order valence-electron chi connectivity index (χ4n) is 2.37. The summed E-state index contributed by atoms with van der Waals surface area (Å²) in [4.78, 5) is 14.0. The van der Waals surface area contributed by atoms with Crippen molar-refractivity contribution in [2.75, 3.05) is 26.2 Å². The maximum Gasteiger partial charge on any atom is 0.222 e. The van der Waals surface area contributed by atoms with E-state index in [1.54, 1.807) is 0 Å². The van der Waals surface area contributed by atoms with E-state index >= 15 is 0 Å². The van der Waals surface area contributed by atoms with Gasteiger partial charge in [-0.25, -0.2) is 0 Å². The zero-order chi connectivity index (χ0) is 14.5. The number of rotatable bonds is 6. The number of carbonyl (C=O) groups is 1. The number of carbonyl (C=O) groups excluding carboxylic acids is 1. The molecule has 0 radical (unpaired) electrons. The number of nitrogens with zero attached hydrogens (tertiary/aromatic N) is 1. The Kier molecular flexibility index (Phi) is 6.23. The molecule has 1 rings (SSSR count). The van der Waals surface area contributed by atoms with Crippen molar-refractivity contribution in [1.82, 2.24) is 10.2 Å². The van der Waals surface area contributed by atoms with Crippen LogP contribution >= 0.6 is 0 Å². The second-order valence-electron chi connectivity index (χ2n) is 6.17. The molecule has 1 aliphatic rings. The molecule has 1 unspecified atom stereocenters. The van der Waals surface area contributed by atoms with Crippen LogP contribution in [0, 0.1) is 0 Å². The summed E-state index contributed by atoms with van der Waals surface area (Å²) >= 11 is 0. The number of aliphatic hydroxyl groups excluding tert-OH is 1. The average molecular weight is 272 g/mol. The molecule has 0 aromatic rings. The molecule has 0 bridgehead atoms. The standard InChI is InChI=1S/C14H28N2O3/c1-11(2)15-7-5-6-13(18)16-8-12(9-17)19-14(3,4)10-16/h11-12,15,17H,5-10H2,1-4H3. The lowest BCUT2D eigenvalue weighted by Crippen LogP contribution is -2.55. The van der Waals surface area contributed by atoms with Crippen molar-refractivity contribution in [3.63, 3.8) is 0 Å². The molecular weight excluding hydrogens is 244 g/mol. The lowest BCUT2D eigenvalue weighted by atomic mass is 10.0. The van der Waals surface area contributed by atoms with Gasteiger partial charge in [0.05, 0.1) is 18.3 Å². The Morgan fingerprint density at radius 1 is 1.53 bits per heavy atom. The Hall–Kier alpha value is -0.650. The van der Waals surface area contributed by atoms with Crippen LogP contribution in [0.4, 0.5) is 0 Å². The summed E-state index contributed by atoms with van der Waals surface area (Å²) in [6.45, 7) is 10.0. The van der Waals surface area contributed by atoms with E-state index in [1.165, 1.54) is 0 Å². The second-order valence-corrected chi connectivity index (χ2v) is 6.17. The van der Waals surface area contributed by atoms with E-state index in [4.69, 9.17) is 4.74 Å². The van der Waals surface area contributed by atoms with E-state index in [2.05, 4.69) is 19.2 Å². The van der Waals surface area contributed by atoms with Crippen LogP contribution < -0.4 is 5.32 Å². The van der Waals surface area contributed by atoms with Crippen molar-refractivity contribution in [2.45, 2.75) is 58.3 Å². The van der Waals surface area contributed by atoms with Gasteiger partial charge in [-0.2, -0.15) is 0 Å². The number of hydrogen-bond donors (Lipinski definition) is 2. The predicted molar refractivity (Wildman–Crippen MR) is 75.0 cm³/mol. The third kappa shape index (κ3) is 5.89. The number of ether oxygens (including phenoxy) is 1. The first-order valence-electron chi connectivity index (χ1n) is 7.14. The lowest BCUT2D eigenvalue weighted by Gasteiger charge is -2.42. The molecule has 1 amide bonds. The molecule has 1 aliphatic heterocycles. The van der Waals surface area contributed by atoms with Crippen LogP contribution in [0.3, 0.4) is 0 Å². The van der Waals surface area contributed by atoms with Crippen LogP contribution in [0.1, 0.15) is 40.5 Å². The zero-order valence-electron chi connectivity index (χ0n) is 12.6. The van der Waals surface area contributed by atoms with Gasteiger partial charge in [-0.15, -0.1) is 0 Å². The van der Waals surface area contributed by atoms with Crippen LogP contribution in [-0.2, 0) is 9.53 Å². The molecule has 0 aromatic heterocycles. The van der Waals surface area contributed by atoms with Gasteiger partial charge in [-0.1, -0.05) is 13.8 Å². The third-order valence-corrected chi connectivity index (χ3v) is 3.16. The van der Waals surface area contributed by atoms with Crippen LogP contribution in [0.5, 0.6) is 0 Å². The Morgan fingerprint density at radius 3 is 2.79 bits per heavy atom. The van der Waals surface area contributed by atoms with E-state index in [0.29, 0.717) is 25.6 Å². The van der Waals surface area contributed by atoms with Gasteiger partial charge in [0, 0.05) is 25.6 Å². The summed E-state index contributed by atoms with van der Waals surface area (Å²) in [6.07, 6.45) is 1.13. The maximum atomic E-state index is 12.2. The third-order valence-electron chi connectivity index (χ3n) is 3.16. The normalized spacial score (nSPS) is 22.8. The largest absolute Gasteiger partial charge is 0.394 e. The number of aliphatic hydroxyl groups is 1. The van der Waals surface area contributed by atoms with Crippen molar-refractivity contribution in [2.24, 2.45) is 0 Å². The van der Waals surface area contributed by atoms with Gasteiger partial charge in [-0.3, -0.25) is 4.79 Å². The Morgan fingerprint density at radius 2 is 2.21 bits per heavy atom. The number of nitrogens with one attached hydrogen (secondary N) is 1. The number of hydrogen-bond acceptors (Lipinski definition) is 4. The highest BCUT2D eigenvalue weighted by Crippen LogP contribution is 2.21. The topological polar surface area (TPSA) is 61.8 Å². The molecule has 5 heteroatoms. The van der Waals surface area contributed by atoms with Crippen molar-refractivity contribution in [3.8, 4) is 0 Å². The molecule has 112 valence electrons. The fourth-order valence-corrected chi connectivity index (χ4v) is 2.37. The predicted octanol–water partition coefficient (Wildman–Crippen LogP) is 0.763. The molecule has 1 heterocycles. The molecule has 1 atom stereocenters. The van der Waals surface area contributed by atoms with E-state index in [-0.39, 0.29) is 24.2 Å². The van der Waals surface area contributed by atoms with Crippen LogP contribution in [0.2, 0.25) is 0 Å². The van der Waals surface area contributed by atoms with Gasteiger partial charge in [0.2, 0.25) is 5.91 Å². The molecule has 1 saturated heterocycles. The van der Waals surface area contributed by atoms with Gasteiger partial charge in [0.15, 0.2) is 0 Å². The molecule has 0 saturated carbocycles. The number of morpholine rings is 1. The fraction of sp³-hybridized carbons (Fsp3) is 0.929.